The second-order valence-electron chi connectivity index (χ2n) is 7.10. The number of aryl methyl sites for hydroxylation is 2. The Bertz CT molecular complexity index is 1130. The lowest BCUT2D eigenvalue weighted by Crippen LogP contribution is -2.37. The van der Waals surface area contributed by atoms with Crippen LogP contribution in [0.3, 0.4) is 0 Å². The lowest BCUT2D eigenvalue weighted by Gasteiger charge is -2.22. The first-order valence-electron chi connectivity index (χ1n) is 9.42. The van der Waals surface area contributed by atoms with Gasteiger partial charge in [-0.15, -0.1) is 0 Å². The Hall–Kier alpha value is -3.03. The minimum absolute atomic E-state index is 0.00511. The van der Waals surface area contributed by atoms with Crippen LogP contribution in [0.1, 0.15) is 16.7 Å². The van der Waals surface area contributed by atoms with Crippen LogP contribution in [0.4, 0.5) is 10.1 Å². The first-order valence-corrected chi connectivity index (χ1v) is 10.9. The third-order valence-corrected chi connectivity index (χ3v) is 6.41. The highest BCUT2D eigenvalue weighted by molar-refractivity contribution is 7.89. The summed E-state index contributed by atoms with van der Waals surface area (Å²) < 4.78 is 41.4. The van der Waals surface area contributed by atoms with Gasteiger partial charge in [-0.3, -0.25) is 4.79 Å². The second-order valence-corrected chi connectivity index (χ2v) is 9.04. The Morgan fingerprint density at radius 1 is 0.900 bits per heavy atom. The van der Waals surface area contributed by atoms with Gasteiger partial charge in [0.25, 0.3) is 0 Å². The number of sulfonamides is 1. The molecule has 0 saturated carbocycles. The van der Waals surface area contributed by atoms with Gasteiger partial charge in [0.15, 0.2) is 0 Å². The lowest BCUT2D eigenvalue weighted by atomic mass is 10.1. The van der Waals surface area contributed by atoms with Gasteiger partial charge in [-0.1, -0.05) is 59.7 Å². The molecule has 1 amide bonds. The van der Waals surface area contributed by atoms with E-state index in [1.807, 2.05) is 38.1 Å². The molecule has 156 valence electrons. The van der Waals surface area contributed by atoms with Crippen molar-refractivity contribution in [2.75, 3.05) is 11.9 Å². The predicted molar refractivity (Wildman–Crippen MR) is 115 cm³/mol. The number of anilines is 1. The molecule has 3 rings (SSSR count). The topological polar surface area (TPSA) is 66.5 Å². The molecule has 0 radical (unpaired) electrons. The van der Waals surface area contributed by atoms with Crippen LogP contribution in [0.15, 0.2) is 77.7 Å². The Morgan fingerprint density at radius 3 is 2.07 bits per heavy atom. The van der Waals surface area contributed by atoms with Gasteiger partial charge in [-0.05, 0) is 43.7 Å². The van der Waals surface area contributed by atoms with Gasteiger partial charge in [0.05, 0.1) is 17.1 Å². The van der Waals surface area contributed by atoms with E-state index in [0.717, 1.165) is 21.0 Å². The fourth-order valence-corrected chi connectivity index (χ4v) is 4.28. The molecular formula is C23H23FN2O3S. The number of hydrogen-bond donors (Lipinski definition) is 1. The maximum Gasteiger partial charge on any atom is 0.243 e. The number of amides is 1. The summed E-state index contributed by atoms with van der Waals surface area (Å²) in [7, 11) is -3.94. The van der Waals surface area contributed by atoms with Gasteiger partial charge in [0.2, 0.25) is 15.9 Å². The fraction of sp³-hybridized carbons (Fsp3) is 0.174. The van der Waals surface area contributed by atoms with Gasteiger partial charge in [0, 0.05) is 6.54 Å². The smallest absolute Gasteiger partial charge is 0.243 e. The number of carbonyl (C=O) groups excluding carboxylic acids is 1. The zero-order valence-corrected chi connectivity index (χ0v) is 17.6. The minimum Gasteiger partial charge on any atom is -0.322 e. The van der Waals surface area contributed by atoms with E-state index in [1.165, 1.54) is 30.3 Å². The molecular weight excluding hydrogens is 403 g/mol. The molecule has 0 heterocycles. The van der Waals surface area contributed by atoms with Gasteiger partial charge in [-0.25, -0.2) is 12.8 Å². The maximum absolute atomic E-state index is 13.9. The molecule has 5 nitrogen and oxygen atoms in total. The number of hydrogen-bond acceptors (Lipinski definition) is 3. The highest BCUT2D eigenvalue weighted by Crippen LogP contribution is 2.20. The summed E-state index contributed by atoms with van der Waals surface area (Å²) in [5.41, 5.74) is 2.72. The maximum atomic E-state index is 13.9. The van der Waals surface area contributed by atoms with Crippen LogP contribution in [0.2, 0.25) is 0 Å². The summed E-state index contributed by atoms with van der Waals surface area (Å²) in [5.74, 6) is -1.21. The monoisotopic (exact) mass is 426 g/mol. The highest BCUT2D eigenvalue weighted by Gasteiger charge is 2.27. The average molecular weight is 427 g/mol. The number of benzene rings is 3. The summed E-state index contributed by atoms with van der Waals surface area (Å²) in [6, 6.07) is 19.6. The van der Waals surface area contributed by atoms with Crippen molar-refractivity contribution in [1.29, 1.82) is 0 Å². The van der Waals surface area contributed by atoms with E-state index in [9.17, 15) is 17.6 Å². The number of carbonyl (C=O) groups is 1. The summed E-state index contributed by atoms with van der Waals surface area (Å²) >= 11 is 0. The van der Waals surface area contributed by atoms with Gasteiger partial charge in [-0.2, -0.15) is 4.31 Å². The van der Waals surface area contributed by atoms with Crippen molar-refractivity contribution in [3.8, 4) is 0 Å². The average Bonchev–Trinajstić information content (AvgIpc) is 2.71. The minimum atomic E-state index is -3.94. The normalized spacial score (nSPS) is 11.5. The van der Waals surface area contributed by atoms with E-state index in [2.05, 4.69) is 5.32 Å². The van der Waals surface area contributed by atoms with Crippen LogP contribution in [-0.4, -0.2) is 25.2 Å². The highest BCUT2D eigenvalue weighted by atomic mass is 32.2. The molecule has 7 heteroatoms. The lowest BCUT2D eigenvalue weighted by molar-refractivity contribution is -0.116. The van der Waals surface area contributed by atoms with Crippen LogP contribution >= 0.6 is 0 Å². The summed E-state index contributed by atoms with van der Waals surface area (Å²) in [6.07, 6.45) is 0. The van der Waals surface area contributed by atoms with E-state index >= 15 is 0 Å². The van der Waals surface area contributed by atoms with E-state index in [0.29, 0.717) is 0 Å². The largest absolute Gasteiger partial charge is 0.322 e. The summed E-state index contributed by atoms with van der Waals surface area (Å²) in [5, 5.41) is 2.45. The van der Waals surface area contributed by atoms with Crippen LogP contribution < -0.4 is 5.32 Å². The third-order valence-electron chi connectivity index (χ3n) is 4.61. The molecule has 0 atom stereocenters. The van der Waals surface area contributed by atoms with Crippen molar-refractivity contribution in [1.82, 2.24) is 4.31 Å². The molecule has 0 aliphatic rings. The molecule has 0 aliphatic heterocycles. The SMILES string of the molecule is Cc1ccc(CN(CC(=O)Nc2ccccc2F)S(=O)(=O)c2ccc(C)cc2)cc1. The van der Waals surface area contributed by atoms with Crippen molar-refractivity contribution in [2.45, 2.75) is 25.3 Å². The Labute approximate surface area is 176 Å². The second kappa shape index (κ2) is 9.19. The van der Waals surface area contributed by atoms with Crippen molar-refractivity contribution in [3.63, 3.8) is 0 Å². The first kappa shape index (κ1) is 21.7. The summed E-state index contributed by atoms with van der Waals surface area (Å²) in [6.45, 7) is 3.37. The first-order chi connectivity index (χ1) is 14.3. The molecule has 3 aromatic carbocycles. The van der Waals surface area contributed by atoms with Crippen molar-refractivity contribution >= 4 is 21.6 Å². The zero-order chi connectivity index (χ0) is 21.7. The van der Waals surface area contributed by atoms with Gasteiger partial charge < -0.3 is 5.32 Å². The standard InChI is InChI=1S/C23H23FN2O3S/c1-17-7-11-19(12-8-17)15-26(30(28,29)20-13-9-18(2)10-14-20)16-23(27)25-22-6-4-3-5-21(22)24/h3-14H,15-16H2,1-2H3,(H,25,27). The van der Waals surface area contributed by atoms with Crippen molar-refractivity contribution < 1.29 is 17.6 Å². The predicted octanol–water partition coefficient (Wildman–Crippen LogP) is 4.27. The third kappa shape index (κ3) is 5.31. The van der Waals surface area contributed by atoms with E-state index < -0.39 is 28.3 Å². The molecule has 1 N–H and O–H groups in total. The molecule has 0 aromatic heterocycles. The van der Waals surface area contributed by atoms with Crippen molar-refractivity contribution in [3.05, 3.63) is 95.3 Å². The van der Waals surface area contributed by atoms with Gasteiger partial charge in [0.1, 0.15) is 5.82 Å². The molecule has 3 aromatic rings. The number of rotatable bonds is 7. The molecule has 0 spiro atoms. The van der Waals surface area contributed by atoms with Gasteiger partial charge >= 0.3 is 0 Å². The Morgan fingerprint density at radius 2 is 1.47 bits per heavy atom. The molecule has 0 aliphatic carbocycles. The fourth-order valence-electron chi connectivity index (χ4n) is 2.89. The zero-order valence-electron chi connectivity index (χ0n) is 16.8. The number of nitrogens with zero attached hydrogens (tertiary/aromatic N) is 1. The van der Waals surface area contributed by atoms with Crippen LogP contribution in [-0.2, 0) is 21.4 Å². The molecule has 0 bridgehead atoms. The Balaban J connectivity index is 1.88. The Kier molecular flexibility index (Phi) is 6.64. The van der Waals surface area contributed by atoms with Crippen LogP contribution in [0.5, 0.6) is 0 Å². The molecule has 0 unspecified atom stereocenters. The molecule has 0 fully saturated rings. The quantitative estimate of drug-likeness (QED) is 0.614. The van der Waals surface area contributed by atoms with Crippen LogP contribution in [0.25, 0.3) is 0 Å². The summed E-state index contributed by atoms with van der Waals surface area (Å²) in [4.78, 5) is 12.7. The van der Waals surface area contributed by atoms with E-state index in [4.69, 9.17) is 0 Å². The van der Waals surface area contributed by atoms with E-state index in [1.54, 1.807) is 18.2 Å². The van der Waals surface area contributed by atoms with Crippen LogP contribution in [0, 0.1) is 19.7 Å². The number of para-hydroxylation sites is 1. The molecule has 30 heavy (non-hydrogen) atoms. The van der Waals surface area contributed by atoms with E-state index in [-0.39, 0.29) is 17.1 Å². The number of nitrogens with one attached hydrogen (secondary N) is 1. The molecule has 0 saturated heterocycles. The number of halogens is 1. The van der Waals surface area contributed by atoms with Crippen molar-refractivity contribution in [2.24, 2.45) is 0 Å².